The first-order chi connectivity index (χ1) is 11.2. The second-order valence-electron chi connectivity index (χ2n) is 7.16. The fourth-order valence-corrected chi connectivity index (χ4v) is 3.10. The summed E-state index contributed by atoms with van der Waals surface area (Å²) in [5.74, 6) is 0. The van der Waals surface area contributed by atoms with Crippen LogP contribution in [0.15, 0.2) is 23.9 Å². The topological polar surface area (TPSA) is 47.4 Å². The SMILES string of the molecule is Cn1ncc2c(Cl)cc(C=C3CCN(C(=O)OC(C)(C)C)C3)cc21. The highest BCUT2D eigenvalue weighted by Crippen LogP contribution is 2.27. The van der Waals surface area contributed by atoms with Gasteiger partial charge in [-0.25, -0.2) is 4.79 Å². The summed E-state index contributed by atoms with van der Waals surface area (Å²) >= 11 is 6.35. The Morgan fingerprint density at radius 1 is 1.38 bits per heavy atom. The molecular weight excluding hydrogens is 326 g/mol. The van der Waals surface area contributed by atoms with Crippen LogP contribution in [0, 0.1) is 0 Å². The molecule has 0 N–H and O–H groups in total. The van der Waals surface area contributed by atoms with Crippen molar-refractivity contribution in [2.24, 2.45) is 7.05 Å². The van der Waals surface area contributed by atoms with Crippen LogP contribution in [-0.2, 0) is 11.8 Å². The van der Waals surface area contributed by atoms with Gasteiger partial charge in [0.25, 0.3) is 0 Å². The molecule has 2 aromatic rings. The van der Waals surface area contributed by atoms with Crippen LogP contribution in [0.25, 0.3) is 17.0 Å². The van der Waals surface area contributed by atoms with E-state index in [4.69, 9.17) is 16.3 Å². The van der Waals surface area contributed by atoms with E-state index in [0.717, 1.165) is 22.9 Å². The number of nitrogens with zero attached hydrogens (tertiary/aromatic N) is 3. The van der Waals surface area contributed by atoms with Crippen LogP contribution >= 0.6 is 11.6 Å². The van der Waals surface area contributed by atoms with Gasteiger partial charge in [0.15, 0.2) is 0 Å². The molecule has 0 atom stereocenters. The fourth-order valence-electron chi connectivity index (χ4n) is 2.83. The number of carbonyl (C=O) groups excluding carboxylic acids is 1. The molecule has 1 saturated heterocycles. The van der Waals surface area contributed by atoms with Crippen LogP contribution < -0.4 is 0 Å². The average molecular weight is 348 g/mol. The molecule has 1 amide bonds. The number of aromatic nitrogens is 2. The quantitative estimate of drug-likeness (QED) is 0.774. The molecule has 6 heteroatoms. The van der Waals surface area contributed by atoms with Crippen molar-refractivity contribution in [3.05, 3.63) is 34.5 Å². The fraction of sp³-hybridized carbons (Fsp3) is 0.444. The van der Waals surface area contributed by atoms with Gasteiger partial charge in [-0.2, -0.15) is 5.10 Å². The summed E-state index contributed by atoms with van der Waals surface area (Å²) in [7, 11) is 1.90. The first kappa shape index (κ1) is 16.8. The van der Waals surface area contributed by atoms with Gasteiger partial charge in [-0.05, 0) is 50.5 Å². The second-order valence-corrected chi connectivity index (χ2v) is 7.57. The number of hydrogen-bond acceptors (Lipinski definition) is 3. The lowest BCUT2D eigenvalue weighted by atomic mass is 10.1. The largest absolute Gasteiger partial charge is 0.444 e. The summed E-state index contributed by atoms with van der Waals surface area (Å²) in [5, 5.41) is 5.88. The predicted molar refractivity (Wildman–Crippen MR) is 96.1 cm³/mol. The Hall–Kier alpha value is -2.01. The molecule has 0 bridgehead atoms. The number of likely N-dealkylation sites (tertiary alicyclic amines) is 1. The molecule has 1 aromatic carbocycles. The van der Waals surface area contributed by atoms with E-state index in [0.29, 0.717) is 18.1 Å². The van der Waals surface area contributed by atoms with Crippen LogP contribution in [0.2, 0.25) is 5.02 Å². The zero-order chi connectivity index (χ0) is 17.5. The number of aryl methyl sites for hydroxylation is 1. The molecule has 0 spiro atoms. The Bertz CT molecular complexity index is 818. The number of hydrogen-bond donors (Lipinski definition) is 0. The van der Waals surface area contributed by atoms with Crippen molar-refractivity contribution < 1.29 is 9.53 Å². The van der Waals surface area contributed by atoms with E-state index in [1.807, 2.05) is 38.6 Å². The van der Waals surface area contributed by atoms with Gasteiger partial charge < -0.3 is 9.64 Å². The molecular formula is C18H22ClN3O2. The van der Waals surface area contributed by atoms with Crippen LogP contribution in [0.4, 0.5) is 4.79 Å². The van der Waals surface area contributed by atoms with E-state index in [9.17, 15) is 4.79 Å². The molecule has 0 aliphatic carbocycles. The zero-order valence-corrected chi connectivity index (χ0v) is 15.2. The number of rotatable bonds is 1. The summed E-state index contributed by atoms with van der Waals surface area (Å²) in [6.07, 6.45) is 4.46. The van der Waals surface area contributed by atoms with E-state index < -0.39 is 5.60 Å². The standard InChI is InChI=1S/C18H22ClN3O2/c1-18(2,3)24-17(23)22-6-5-12(11-22)7-13-8-15(19)14-10-20-21(4)16(14)9-13/h7-10H,5-6,11H2,1-4H3. The van der Waals surface area contributed by atoms with Gasteiger partial charge in [0, 0.05) is 25.5 Å². The third kappa shape index (κ3) is 3.56. The van der Waals surface area contributed by atoms with Crippen molar-refractivity contribution in [2.75, 3.05) is 13.1 Å². The summed E-state index contributed by atoms with van der Waals surface area (Å²) < 4.78 is 7.24. The minimum absolute atomic E-state index is 0.258. The van der Waals surface area contributed by atoms with E-state index in [2.05, 4.69) is 17.2 Å². The van der Waals surface area contributed by atoms with Gasteiger partial charge in [-0.1, -0.05) is 17.7 Å². The smallest absolute Gasteiger partial charge is 0.410 e. The third-order valence-corrected chi connectivity index (χ3v) is 4.27. The van der Waals surface area contributed by atoms with E-state index in [-0.39, 0.29) is 6.09 Å². The van der Waals surface area contributed by atoms with Crippen LogP contribution in [-0.4, -0.2) is 39.5 Å². The molecule has 3 rings (SSSR count). The Morgan fingerprint density at radius 2 is 2.12 bits per heavy atom. The maximum Gasteiger partial charge on any atom is 0.410 e. The number of fused-ring (bicyclic) bond motifs is 1. The lowest BCUT2D eigenvalue weighted by Gasteiger charge is -2.23. The average Bonchev–Trinajstić information content (AvgIpc) is 3.05. The summed E-state index contributed by atoms with van der Waals surface area (Å²) in [5.41, 5.74) is 2.74. The van der Waals surface area contributed by atoms with Crippen LogP contribution in [0.3, 0.4) is 0 Å². The van der Waals surface area contributed by atoms with Crippen molar-refractivity contribution in [1.29, 1.82) is 0 Å². The third-order valence-electron chi connectivity index (χ3n) is 3.96. The summed E-state index contributed by atoms with van der Waals surface area (Å²) in [6.45, 7) is 6.91. The van der Waals surface area contributed by atoms with Crippen molar-refractivity contribution in [2.45, 2.75) is 32.8 Å². The van der Waals surface area contributed by atoms with Gasteiger partial charge in [0.1, 0.15) is 5.60 Å². The van der Waals surface area contributed by atoms with Gasteiger partial charge in [-0.3, -0.25) is 4.68 Å². The molecule has 1 aromatic heterocycles. The molecule has 128 valence electrons. The van der Waals surface area contributed by atoms with Gasteiger partial charge in [0.2, 0.25) is 0 Å². The van der Waals surface area contributed by atoms with E-state index in [1.54, 1.807) is 11.1 Å². The molecule has 2 heterocycles. The Balaban J connectivity index is 1.78. The molecule has 0 saturated carbocycles. The number of halogens is 1. The second kappa shape index (κ2) is 6.13. The normalized spacial score (nSPS) is 17.0. The number of ether oxygens (including phenoxy) is 1. The van der Waals surface area contributed by atoms with Crippen LogP contribution in [0.5, 0.6) is 0 Å². The first-order valence-corrected chi connectivity index (χ1v) is 8.39. The van der Waals surface area contributed by atoms with Gasteiger partial charge in [-0.15, -0.1) is 0 Å². The highest BCUT2D eigenvalue weighted by molar-refractivity contribution is 6.35. The van der Waals surface area contributed by atoms with Gasteiger partial charge in [0.05, 0.1) is 16.7 Å². The molecule has 1 fully saturated rings. The van der Waals surface area contributed by atoms with Crippen molar-refractivity contribution in [3.8, 4) is 0 Å². The molecule has 24 heavy (non-hydrogen) atoms. The zero-order valence-electron chi connectivity index (χ0n) is 14.5. The summed E-state index contributed by atoms with van der Waals surface area (Å²) in [6, 6.07) is 4.01. The Kier molecular flexibility index (Phi) is 4.30. The molecule has 0 radical (unpaired) electrons. The maximum absolute atomic E-state index is 12.1. The number of carbonyl (C=O) groups is 1. The van der Waals surface area contributed by atoms with Crippen molar-refractivity contribution in [3.63, 3.8) is 0 Å². The minimum atomic E-state index is -0.471. The van der Waals surface area contributed by atoms with Crippen molar-refractivity contribution >= 4 is 34.7 Å². The Labute approximate surface area is 146 Å². The highest BCUT2D eigenvalue weighted by atomic mass is 35.5. The number of benzene rings is 1. The lowest BCUT2D eigenvalue weighted by Crippen LogP contribution is -2.34. The molecule has 1 aliphatic rings. The predicted octanol–water partition coefficient (Wildman–Crippen LogP) is 4.25. The van der Waals surface area contributed by atoms with E-state index in [1.165, 1.54) is 5.57 Å². The van der Waals surface area contributed by atoms with Crippen LogP contribution in [0.1, 0.15) is 32.8 Å². The molecule has 5 nitrogen and oxygen atoms in total. The lowest BCUT2D eigenvalue weighted by molar-refractivity contribution is 0.0299. The maximum atomic E-state index is 12.1. The molecule has 0 unspecified atom stereocenters. The van der Waals surface area contributed by atoms with E-state index >= 15 is 0 Å². The first-order valence-electron chi connectivity index (χ1n) is 8.01. The Morgan fingerprint density at radius 3 is 2.83 bits per heavy atom. The summed E-state index contributed by atoms with van der Waals surface area (Å²) in [4.78, 5) is 13.9. The van der Waals surface area contributed by atoms with Gasteiger partial charge >= 0.3 is 6.09 Å². The van der Waals surface area contributed by atoms with Crippen molar-refractivity contribution in [1.82, 2.24) is 14.7 Å². The number of amides is 1. The monoisotopic (exact) mass is 347 g/mol. The minimum Gasteiger partial charge on any atom is -0.444 e. The highest BCUT2D eigenvalue weighted by Gasteiger charge is 2.26. The molecule has 1 aliphatic heterocycles.